The van der Waals surface area contributed by atoms with Crippen LogP contribution in [0.15, 0.2) is 115 Å². The van der Waals surface area contributed by atoms with Gasteiger partial charge in [0.15, 0.2) is 0 Å². The molecule has 0 aliphatic heterocycles. The third-order valence-corrected chi connectivity index (χ3v) is 5.43. The summed E-state index contributed by atoms with van der Waals surface area (Å²) in [6.07, 6.45) is 2.64. The Kier molecular flexibility index (Phi) is 5.46. The lowest BCUT2D eigenvalue weighted by molar-refractivity contribution is 0.477. The molecule has 0 spiro atoms. The van der Waals surface area contributed by atoms with Crippen molar-refractivity contribution in [3.8, 4) is 39.5 Å². The number of para-hydroxylation sites is 1. The maximum absolute atomic E-state index is 10.3. The molecule has 1 N–H and O–H groups in total. The second-order valence-corrected chi connectivity index (χ2v) is 7.72. The molecule has 0 bridgehead atoms. The summed E-state index contributed by atoms with van der Waals surface area (Å²) >= 11 is 0. The van der Waals surface area contributed by atoms with E-state index in [0.29, 0.717) is 0 Å². The highest BCUT2D eigenvalue weighted by molar-refractivity contribution is 5.74. The van der Waals surface area contributed by atoms with Crippen molar-refractivity contribution in [1.82, 2.24) is 9.97 Å². The number of hydrogen-bond acceptors (Lipinski definition) is 3. The van der Waals surface area contributed by atoms with Gasteiger partial charge in [-0.1, -0.05) is 54.6 Å². The third kappa shape index (κ3) is 4.28. The minimum atomic E-state index is 0.226. The van der Waals surface area contributed by atoms with E-state index in [1.54, 1.807) is 6.07 Å². The fraction of sp³-hybridized carbons (Fsp3) is 0.0345. The standard InChI is InChI=1S/C29H22N2O/c32-29-15-5-4-11-25(29)28-14-8-13-27(31-28)24-19-22(17-21-9-2-1-3-10-21)18-23(20-24)26-12-6-7-16-30-26/h1-16,18-20,32H,17H2. The Balaban J connectivity index is 1.61. The van der Waals surface area contributed by atoms with Crippen LogP contribution in [0, 0.1) is 0 Å². The minimum Gasteiger partial charge on any atom is -0.507 e. The molecular weight excluding hydrogens is 392 g/mol. The first-order valence-corrected chi connectivity index (χ1v) is 10.6. The number of aromatic nitrogens is 2. The van der Waals surface area contributed by atoms with Gasteiger partial charge in [0.2, 0.25) is 0 Å². The summed E-state index contributed by atoms with van der Waals surface area (Å²) in [5, 5.41) is 10.3. The van der Waals surface area contributed by atoms with Gasteiger partial charge in [0.25, 0.3) is 0 Å². The van der Waals surface area contributed by atoms with Gasteiger partial charge in [-0.3, -0.25) is 4.98 Å². The van der Waals surface area contributed by atoms with E-state index >= 15 is 0 Å². The smallest absolute Gasteiger partial charge is 0.124 e. The predicted octanol–water partition coefficient (Wildman–Crippen LogP) is 6.77. The summed E-state index contributed by atoms with van der Waals surface area (Å²) in [4.78, 5) is 9.43. The van der Waals surface area contributed by atoms with Crippen LogP contribution < -0.4 is 0 Å². The molecule has 0 atom stereocenters. The van der Waals surface area contributed by atoms with Crippen LogP contribution in [0.25, 0.3) is 33.8 Å². The van der Waals surface area contributed by atoms with E-state index in [2.05, 4.69) is 47.4 Å². The van der Waals surface area contributed by atoms with Gasteiger partial charge >= 0.3 is 0 Å². The normalized spacial score (nSPS) is 10.8. The Labute approximate surface area is 187 Å². The SMILES string of the molecule is Oc1ccccc1-c1cccc(-c2cc(Cc3ccccc3)cc(-c3ccccn3)c2)n1. The molecule has 3 aromatic carbocycles. The molecule has 3 nitrogen and oxygen atoms in total. The molecule has 0 saturated heterocycles. The van der Waals surface area contributed by atoms with Crippen molar-refractivity contribution in [2.24, 2.45) is 0 Å². The molecule has 0 amide bonds. The van der Waals surface area contributed by atoms with Gasteiger partial charge in [-0.05, 0) is 72.1 Å². The van der Waals surface area contributed by atoms with Crippen LogP contribution in [0.5, 0.6) is 5.75 Å². The van der Waals surface area contributed by atoms with Crippen LogP contribution >= 0.6 is 0 Å². The van der Waals surface area contributed by atoms with Gasteiger partial charge in [0.1, 0.15) is 5.75 Å². The number of aromatic hydroxyl groups is 1. The fourth-order valence-corrected chi connectivity index (χ4v) is 3.89. The van der Waals surface area contributed by atoms with Crippen LogP contribution in [-0.2, 0) is 6.42 Å². The summed E-state index contributed by atoms with van der Waals surface area (Å²) < 4.78 is 0. The first-order valence-electron chi connectivity index (χ1n) is 10.6. The summed E-state index contributed by atoms with van der Waals surface area (Å²) in [5.74, 6) is 0.226. The predicted molar refractivity (Wildman–Crippen MR) is 129 cm³/mol. The zero-order chi connectivity index (χ0) is 21.8. The number of phenolic OH excluding ortho intramolecular Hbond substituents is 1. The number of hydrogen-bond donors (Lipinski definition) is 1. The molecule has 0 unspecified atom stereocenters. The Morgan fingerprint density at radius 3 is 2.03 bits per heavy atom. The van der Waals surface area contributed by atoms with Gasteiger partial charge < -0.3 is 5.11 Å². The maximum Gasteiger partial charge on any atom is 0.124 e. The van der Waals surface area contributed by atoms with Crippen LogP contribution in [0.4, 0.5) is 0 Å². The number of phenols is 1. The lowest BCUT2D eigenvalue weighted by Crippen LogP contribution is -1.94. The molecule has 5 aromatic rings. The molecule has 154 valence electrons. The Morgan fingerprint density at radius 2 is 1.25 bits per heavy atom. The van der Waals surface area contributed by atoms with Gasteiger partial charge in [-0.2, -0.15) is 0 Å². The van der Waals surface area contributed by atoms with E-state index in [-0.39, 0.29) is 5.75 Å². The van der Waals surface area contributed by atoms with Gasteiger partial charge in [-0.25, -0.2) is 4.98 Å². The average molecular weight is 415 g/mol. The topological polar surface area (TPSA) is 46.0 Å². The average Bonchev–Trinajstić information content (AvgIpc) is 2.85. The van der Waals surface area contributed by atoms with Crippen molar-refractivity contribution >= 4 is 0 Å². The molecule has 0 radical (unpaired) electrons. The van der Waals surface area contributed by atoms with Gasteiger partial charge in [0, 0.05) is 22.9 Å². The fourth-order valence-electron chi connectivity index (χ4n) is 3.89. The molecule has 0 fully saturated rings. The zero-order valence-corrected chi connectivity index (χ0v) is 17.5. The first-order chi connectivity index (χ1) is 15.8. The highest BCUT2D eigenvalue weighted by atomic mass is 16.3. The monoisotopic (exact) mass is 414 g/mol. The molecule has 32 heavy (non-hydrogen) atoms. The Bertz CT molecular complexity index is 1350. The van der Waals surface area contributed by atoms with Crippen LogP contribution in [0.1, 0.15) is 11.1 Å². The van der Waals surface area contributed by atoms with E-state index in [4.69, 9.17) is 4.98 Å². The quantitative estimate of drug-likeness (QED) is 0.345. The maximum atomic E-state index is 10.3. The van der Waals surface area contributed by atoms with Crippen molar-refractivity contribution in [2.75, 3.05) is 0 Å². The van der Waals surface area contributed by atoms with Crippen LogP contribution in [-0.4, -0.2) is 15.1 Å². The van der Waals surface area contributed by atoms with Gasteiger partial charge in [0.05, 0.1) is 17.1 Å². The number of rotatable bonds is 5. The van der Waals surface area contributed by atoms with Gasteiger partial charge in [-0.15, -0.1) is 0 Å². The van der Waals surface area contributed by atoms with E-state index in [1.165, 1.54) is 11.1 Å². The summed E-state index contributed by atoms with van der Waals surface area (Å²) in [7, 11) is 0. The summed E-state index contributed by atoms with van der Waals surface area (Å²) in [6.45, 7) is 0. The van der Waals surface area contributed by atoms with Crippen LogP contribution in [0.2, 0.25) is 0 Å². The second kappa shape index (κ2) is 8.86. The number of benzene rings is 3. The lowest BCUT2D eigenvalue weighted by Gasteiger charge is -2.11. The van der Waals surface area contributed by atoms with E-state index in [9.17, 15) is 5.11 Å². The van der Waals surface area contributed by atoms with Crippen molar-refractivity contribution < 1.29 is 5.11 Å². The number of pyridine rings is 2. The molecule has 0 aliphatic rings. The second-order valence-electron chi connectivity index (χ2n) is 7.72. The number of nitrogens with zero attached hydrogens (tertiary/aromatic N) is 2. The Morgan fingerprint density at radius 1 is 0.562 bits per heavy atom. The molecule has 0 aliphatic carbocycles. The van der Waals surface area contributed by atoms with Crippen molar-refractivity contribution in [3.05, 3.63) is 127 Å². The molecule has 0 saturated carbocycles. The lowest BCUT2D eigenvalue weighted by atomic mass is 9.96. The highest BCUT2D eigenvalue weighted by Gasteiger charge is 2.10. The zero-order valence-electron chi connectivity index (χ0n) is 17.5. The largest absolute Gasteiger partial charge is 0.507 e. The van der Waals surface area contributed by atoms with Crippen LogP contribution in [0.3, 0.4) is 0 Å². The first kappa shape index (κ1) is 19.7. The van der Waals surface area contributed by atoms with Crippen molar-refractivity contribution in [1.29, 1.82) is 0 Å². The molecule has 2 heterocycles. The minimum absolute atomic E-state index is 0.226. The van der Waals surface area contributed by atoms with Crippen molar-refractivity contribution in [2.45, 2.75) is 6.42 Å². The van der Waals surface area contributed by atoms with E-state index in [0.717, 1.165) is 40.2 Å². The Hall–Kier alpha value is -4.24. The molecule has 2 aromatic heterocycles. The highest BCUT2D eigenvalue weighted by Crippen LogP contribution is 2.31. The molecular formula is C29H22N2O. The third-order valence-electron chi connectivity index (χ3n) is 5.43. The van der Waals surface area contributed by atoms with E-state index in [1.807, 2.05) is 66.9 Å². The molecule has 5 rings (SSSR count). The van der Waals surface area contributed by atoms with Crippen molar-refractivity contribution in [3.63, 3.8) is 0 Å². The van der Waals surface area contributed by atoms with E-state index < -0.39 is 0 Å². The summed E-state index contributed by atoms with van der Waals surface area (Å²) in [5.41, 5.74) is 7.79. The summed E-state index contributed by atoms with van der Waals surface area (Å²) in [6, 6.07) is 36.1. The molecule has 3 heteroatoms.